The summed E-state index contributed by atoms with van der Waals surface area (Å²) in [4.78, 5) is 13.6. The van der Waals surface area contributed by atoms with Gasteiger partial charge in [0.15, 0.2) is 0 Å². The summed E-state index contributed by atoms with van der Waals surface area (Å²) in [6.45, 7) is 2.00. The maximum atomic E-state index is 5.60. The summed E-state index contributed by atoms with van der Waals surface area (Å²) in [5, 5.41) is 0. The molecule has 2 aliphatic rings. The summed E-state index contributed by atoms with van der Waals surface area (Å²) in [5.74, 6) is 1.97. The summed E-state index contributed by atoms with van der Waals surface area (Å²) in [6.07, 6.45) is 1.77. The number of nitrogens with one attached hydrogen (secondary N) is 3. The van der Waals surface area contributed by atoms with Gasteiger partial charge in [-0.25, -0.2) is 15.4 Å². The fourth-order valence-electron chi connectivity index (χ4n) is 3.37. The Morgan fingerprint density at radius 2 is 1.85 bits per heavy atom. The zero-order valence-corrected chi connectivity index (χ0v) is 18.6. The lowest BCUT2D eigenvalue weighted by Gasteiger charge is -2.15. The minimum Gasteiger partial charge on any atom is -0.497 e. The van der Waals surface area contributed by atoms with Crippen LogP contribution in [-0.4, -0.2) is 55.4 Å². The lowest BCUT2D eigenvalue weighted by Crippen LogP contribution is -2.47. The highest BCUT2D eigenvalue weighted by Crippen LogP contribution is 2.27. The normalized spacial score (nSPS) is 13.9. The maximum absolute atomic E-state index is 5.60. The van der Waals surface area contributed by atoms with Crippen molar-refractivity contribution < 1.29 is 14.2 Å². The Hall–Kier alpha value is -3.73. The molecule has 10 heteroatoms. The second-order valence-corrected chi connectivity index (χ2v) is 7.01. The van der Waals surface area contributed by atoms with E-state index in [4.69, 9.17) is 19.2 Å². The zero-order valence-electron chi connectivity index (χ0n) is 18.6. The molecule has 10 nitrogen and oxygen atoms in total. The number of methoxy groups -OCH3 is 2. The molecule has 2 aliphatic heterocycles. The molecule has 0 fully saturated rings. The highest BCUT2D eigenvalue weighted by molar-refractivity contribution is 6.03. The molecule has 0 spiro atoms. The number of fused-ring (bicyclic) bond motifs is 3. The van der Waals surface area contributed by atoms with Crippen molar-refractivity contribution in [3.05, 3.63) is 77.9 Å². The molecule has 1 aromatic heterocycles. The van der Waals surface area contributed by atoms with E-state index < -0.39 is 0 Å². The van der Waals surface area contributed by atoms with E-state index in [2.05, 4.69) is 26.4 Å². The monoisotopic (exact) mass is 449 g/mol. The number of hydrazine groups is 2. The largest absolute Gasteiger partial charge is 0.497 e. The number of hydrogen-bond acceptors (Lipinski definition) is 9. The molecule has 0 saturated carbocycles. The van der Waals surface area contributed by atoms with E-state index in [-0.39, 0.29) is 0 Å². The van der Waals surface area contributed by atoms with Gasteiger partial charge in [-0.2, -0.15) is 5.53 Å². The van der Waals surface area contributed by atoms with Gasteiger partial charge in [-0.3, -0.25) is 15.0 Å². The van der Waals surface area contributed by atoms with Gasteiger partial charge >= 0.3 is 0 Å². The van der Waals surface area contributed by atoms with E-state index >= 15 is 0 Å². The third-order valence-corrected chi connectivity index (χ3v) is 4.91. The Balaban J connectivity index is 0.000000376. The molecule has 172 valence electrons. The smallest absolute Gasteiger partial charge is 0.237 e. The summed E-state index contributed by atoms with van der Waals surface area (Å²) in [6, 6.07) is 17.8. The first kappa shape index (κ1) is 22.5. The molecular formula is C23H27N7O3. The molecule has 33 heavy (non-hydrogen) atoms. The van der Waals surface area contributed by atoms with Gasteiger partial charge in [0.2, 0.25) is 5.90 Å². The number of amidine groups is 1. The topological polar surface area (TPSA) is 106 Å². The molecule has 3 heterocycles. The molecule has 0 radical (unpaired) electrons. The molecule has 3 N–H and O–H groups in total. The van der Waals surface area contributed by atoms with E-state index in [0.29, 0.717) is 38.2 Å². The van der Waals surface area contributed by atoms with Gasteiger partial charge < -0.3 is 14.2 Å². The Labute approximate surface area is 192 Å². The van der Waals surface area contributed by atoms with Gasteiger partial charge in [0.1, 0.15) is 36.9 Å². The van der Waals surface area contributed by atoms with Gasteiger partial charge in [-0.1, -0.05) is 36.4 Å². The standard InChI is InChI=1S/C17H21N7O3.C6H6/c1-25-10-21-23-22-16-12-7-11(26-2)3-4-13(12)24-9-20-15(14(24)8-19-16)17-18-5-6-27-17;1-2-4-6-5-3-1/h3-4,7,9,21,23H,5-6,8,10H2,1-2H3,(H,19,22);1-6H. The molecule has 5 rings (SSSR count). The predicted molar refractivity (Wildman–Crippen MR) is 125 cm³/mol. The predicted octanol–water partition coefficient (Wildman–Crippen LogP) is 1.81. The average molecular weight is 450 g/mol. The highest BCUT2D eigenvalue weighted by Gasteiger charge is 2.25. The Bertz CT molecular complexity index is 1090. The van der Waals surface area contributed by atoms with Crippen LogP contribution in [0.25, 0.3) is 5.69 Å². The number of benzene rings is 2. The maximum Gasteiger partial charge on any atom is 0.237 e. The van der Waals surface area contributed by atoms with Crippen LogP contribution in [0.4, 0.5) is 0 Å². The van der Waals surface area contributed by atoms with E-state index in [1.807, 2.05) is 59.2 Å². The third-order valence-electron chi connectivity index (χ3n) is 4.91. The van der Waals surface area contributed by atoms with Crippen LogP contribution in [0.3, 0.4) is 0 Å². The summed E-state index contributed by atoms with van der Waals surface area (Å²) in [5.41, 5.74) is 12.3. The second kappa shape index (κ2) is 11.2. The Morgan fingerprint density at radius 1 is 1.06 bits per heavy atom. The van der Waals surface area contributed by atoms with Crippen molar-refractivity contribution in [1.82, 2.24) is 25.9 Å². The number of imidazole rings is 1. The van der Waals surface area contributed by atoms with Gasteiger partial charge in [0.05, 0.1) is 31.6 Å². The summed E-state index contributed by atoms with van der Waals surface area (Å²) >= 11 is 0. The lowest BCUT2D eigenvalue weighted by molar-refractivity contribution is 0.158. The van der Waals surface area contributed by atoms with Crippen molar-refractivity contribution in [1.29, 1.82) is 0 Å². The van der Waals surface area contributed by atoms with Crippen LogP contribution in [0.1, 0.15) is 17.0 Å². The van der Waals surface area contributed by atoms with Crippen molar-refractivity contribution >= 4 is 11.7 Å². The fraction of sp³-hybridized carbons (Fsp3) is 0.261. The number of aliphatic imine (C=N–C) groups is 2. The highest BCUT2D eigenvalue weighted by atomic mass is 16.5. The Morgan fingerprint density at radius 3 is 2.52 bits per heavy atom. The van der Waals surface area contributed by atoms with E-state index in [9.17, 15) is 0 Å². The quantitative estimate of drug-likeness (QED) is 0.299. The molecule has 2 aromatic carbocycles. The molecule has 0 unspecified atom stereocenters. The first-order chi connectivity index (χ1) is 16.3. The number of hydrogen-bond donors (Lipinski definition) is 3. The number of rotatable bonds is 6. The number of nitrogens with zero attached hydrogens (tertiary/aromatic N) is 4. The van der Waals surface area contributed by atoms with E-state index in [1.54, 1.807) is 20.5 Å². The summed E-state index contributed by atoms with van der Waals surface area (Å²) < 4.78 is 18.0. The molecule has 0 atom stereocenters. The van der Waals surface area contributed by atoms with Crippen molar-refractivity contribution in [2.24, 2.45) is 9.98 Å². The fourth-order valence-corrected chi connectivity index (χ4v) is 3.37. The van der Waals surface area contributed by atoms with Crippen LogP contribution >= 0.6 is 0 Å². The summed E-state index contributed by atoms with van der Waals surface area (Å²) in [7, 11) is 3.24. The molecular weight excluding hydrogens is 422 g/mol. The van der Waals surface area contributed by atoms with E-state index in [1.165, 1.54) is 0 Å². The van der Waals surface area contributed by atoms with Crippen LogP contribution in [0.5, 0.6) is 5.75 Å². The molecule has 0 saturated heterocycles. The van der Waals surface area contributed by atoms with Gasteiger partial charge in [0.25, 0.3) is 0 Å². The van der Waals surface area contributed by atoms with Crippen LogP contribution < -0.4 is 21.1 Å². The lowest BCUT2D eigenvalue weighted by atomic mass is 10.1. The molecule has 0 bridgehead atoms. The third kappa shape index (κ3) is 5.37. The van der Waals surface area contributed by atoms with Crippen LogP contribution in [0, 0.1) is 0 Å². The van der Waals surface area contributed by atoms with Gasteiger partial charge in [-0.05, 0) is 18.2 Å². The second-order valence-electron chi connectivity index (χ2n) is 7.01. The van der Waals surface area contributed by atoms with Gasteiger partial charge in [-0.15, -0.1) is 0 Å². The molecule has 0 amide bonds. The van der Waals surface area contributed by atoms with Crippen molar-refractivity contribution in [2.75, 3.05) is 34.1 Å². The molecule has 3 aromatic rings. The first-order valence-electron chi connectivity index (χ1n) is 10.5. The van der Waals surface area contributed by atoms with Crippen molar-refractivity contribution in [2.45, 2.75) is 6.54 Å². The van der Waals surface area contributed by atoms with Crippen LogP contribution in [0.2, 0.25) is 0 Å². The van der Waals surface area contributed by atoms with Crippen molar-refractivity contribution in [3.63, 3.8) is 0 Å². The van der Waals surface area contributed by atoms with Crippen molar-refractivity contribution in [3.8, 4) is 11.4 Å². The number of aromatic nitrogens is 2. The molecule has 0 aliphatic carbocycles. The number of ether oxygens (including phenoxy) is 3. The van der Waals surface area contributed by atoms with Crippen LogP contribution in [0.15, 0.2) is 70.9 Å². The first-order valence-corrected chi connectivity index (χ1v) is 10.5. The van der Waals surface area contributed by atoms with Crippen LogP contribution in [-0.2, 0) is 16.0 Å². The Kier molecular flexibility index (Phi) is 7.64. The zero-order chi connectivity index (χ0) is 22.9. The minimum absolute atomic E-state index is 0.344. The van der Waals surface area contributed by atoms with E-state index in [0.717, 1.165) is 28.4 Å². The minimum atomic E-state index is 0.344. The van der Waals surface area contributed by atoms with Gasteiger partial charge in [0, 0.05) is 12.7 Å². The average Bonchev–Trinajstić information content (AvgIpc) is 3.52. The SMILES string of the molecule is COCNNNC1=NCc2c(C3=NCCO3)ncn2-c2ccc(OC)cc21.c1ccccc1.